The monoisotopic (exact) mass is 253 g/mol. The molecule has 0 aromatic rings. The topological polar surface area (TPSA) is 104 Å². The maximum Gasteiger partial charge on any atom is 0.321 e. The van der Waals surface area contributed by atoms with Gasteiger partial charge < -0.3 is 10.4 Å². The molecule has 96 valence electrons. The molecule has 1 atom stereocenters. The first-order valence-electron chi connectivity index (χ1n) is 4.95. The van der Waals surface area contributed by atoms with Crippen LogP contribution < -0.4 is 5.32 Å². The van der Waals surface area contributed by atoms with Gasteiger partial charge in [0.25, 0.3) is 10.1 Å². The van der Waals surface area contributed by atoms with Crippen LogP contribution in [0.2, 0.25) is 0 Å². The molecular formula is C9H19NO5S. The van der Waals surface area contributed by atoms with Crippen LogP contribution >= 0.6 is 0 Å². The molecule has 0 fully saturated rings. The van der Waals surface area contributed by atoms with Gasteiger partial charge in [0.2, 0.25) is 0 Å². The molecule has 0 rings (SSSR count). The molecule has 0 radical (unpaired) electrons. The fraction of sp³-hybridized carbons (Fsp3) is 0.889. The first-order valence-corrected chi connectivity index (χ1v) is 6.56. The molecule has 0 aliphatic rings. The summed E-state index contributed by atoms with van der Waals surface area (Å²) in [4.78, 5) is 10.9. The van der Waals surface area contributed by atoms with Gasteiger partial charge in [-0.1, -0.05) is 20.8 Å². The number of aliphatic carboxylic acids is 1. The highest BCUT2D eigenvalue weighted by atomic mass is 32.2. The lowest BCUT2D eigenvalue weighted by molar-refractivity contribution is -0.142. The van der Waals surface area contributed by atoms with Crippen molar-refractivity contribution in [3.05, 3.63) is 0 Å². The summed E-state index contributed by atoms with van der Waals surface area (Å²) in [6.07, 6.45) is 0.179. The molecule has 6 nitrogen and oxygen atoms in total. The highest BCUT2D eigenvalue weighted by Crippen LogP contribution is 2.19. The van der Waals surface area contributed by atoms with Crippen LogP contribution in [0.15, 0.2) is 0 Å². The van der Waals surface area contributed by atoms with E-state index in [-0.39, 0.29) is 18.7 Å². The van der Waals surface area contributed by atoms with Crippen molar-refractivity contribution < 1.29 is 22.9 Å². The van der Waals surface area contributed by atoms with Gasteiger partial charge in [-0.3, -0.25) is 9.35 Å². The van der Waals surface area contributed by atoms with Gasteiger partial charge in [0, 0.05) is 0 Å². The predicted molar refractivity (Wildman–Crippen MR) is 59.9 cm³/mol. The van der Waals surface area contributed by atoms with E-state index in [1.54, 1.807) is 20.8 Å². The Hall–Kier alpha value is -0.660. The third kappa shape index (κ3) is 6.76. The largest absolute Gasteiger partial charge is 0.480 e. The van der Waals surface area contributed by atoms with E-state index in [4.69, 9.17) is 9.66 Å². The van der Waals surface area contributed by atoms with E-state index < -0.39 is 27.5 Å². The number of hydrogen-bond donors (Lipinski definition) is 3. The zero-order chi connectivity index (χ0) is 13.0. The van der Waals surface area contributed by atoms with Gasteiger partial charge in [0.05, 0.1) is 5.75 Å². The van der Waals surface area contributed by atoms with Crippen LogP contribution in [-0.4, -0.2) is 42.4 Å². The molecule has 0 heterocycles. The van der Waals surface area contributed by atoms with E-state index in [0.717, 1.165) is 0 Å². The Balaban J connectivity index is 4.12. The molecule has 0 bridgehead atoms. The second kappa shape index (κ2) is 5.60. The van der Waals surface area contributed by atoms with Crippen molar-refractivity contribution in [1.82, 2.24) is 5.32 Å². The Morgan fingerprint density at radius 3 is 2.19 bits per heavy atom. The van der Waals surface area contributed by atoms with E-state index in [2.05, 4.69) is 5.32 Å². The van der Waals surface area contributed by atoms with Crippen molar-refractivity contribution in [2.45, 2.75) is 33.2 Å². The minimum atomic E-state index is -3.97. The maximum absolute atomic E-state index is 10.9. The van der Waals surface area contributed by atoms with E-state index in [9.17, 15) is 13.2 Å². The summed E-state index contributed by atoms with van der Waals surface area (Å²) >= 11 is 0. The van der Waals surface area contributed by atoms with Gasteiger partial charge in [0.15, 0.2) is 0 Å². The Bertz CT molecular complexity index is 330. The van der Waals surface area contributed by atoms with Gasteiger partial charge in [-0.2, -0.15) is 8.42 Å². The Morgan fingerprint density at radius 1 is 1.38 bits per heavy atom. The lowest BCUT2D eigenvalue weighted by Gasteiger charge is -2.27. The van der Waals surface area contributed by atoms with Crippen LogP contribution in [0.4, 0.5) is 0 Å². The summed E-state index contributed by atoms with van der Waals surface area (Å²) in [5, 5.41) is 11.7. The summed E-state index contributed by atoms with van der Waals surface area (Å²) in [5.41, 5.74) is -0.454. The molecule has 0 saturated carbocycles. The smallest absolute Gasteiger partial charge is 0.321 e. The number of carboxylic acid groups (broad SMARTS) is 1. The minimum Gasteiger partial charge on any atom is -0.480 e. The number of hydrogen-bond acceptors (Lipinski definition) is 4. The van der Waals surface area contributed by atoms with Gasteiger partial charge in [-0.05, 0) is 18.4 Å². The van der Waals surface area contributed by atoms with Gasteiger partial charge >= 0.3 is 5.97 Å². The quantitative estimate of drug-likeness (QED) is 0.466. The molecule has 0 aromatic carbocycles. The molecule has 0 aliphatic carbocycles. The second-order valence-electron chi connectivity index (χ2n) is 4.73. The van der Waals surface area contributed by atoms with E-state index in [1.807, 2.05) is 0 Å². The van der Waals surface area contributed by atoms with Crippen LogP contribution in [0.25, 0.3) is 0 Å². The maximum atomic E-state index is 10.9. The van der Waals surface area contributed by atoms with Crippen molar-refractivity contribution >= 4 is 16.1 Å². The molecule has 0 spiro atoms. The van der Waals surface area contributed by atoms with Crippen molar-refractivity contribution in [2.24, 2.45) is 5.41 Å². The molecule has 0 unspecified atom stereocenters. The van der Waals surface area contributed by atoms with Crippen molar-refractivity contribution in [3.63, 3.8) is 0 Å². The second-order valence-corrected chi connectivity index (χ2v) is 6.30. The average molecular weight is 253 g/mol. The molecule has 3 N–H and O–H groups in total. The van der Waals surface area contributed by atoms with Crippen LogP contribution in [0, 0.1) is 5.41 Å². The Morgan fingerprint density at radius 2 is 1.88 bits per heavy atom. The predicted octanol–water partition coefficient (Wildman–Crippen LogP) is 0.353. The molecule has 16 heavy (non-hydrogen) atoms. The fourth-order valence-corrected chi connectivity index (χ4v) is 1.77. The molecule has 0 aromatic heterocycles. The van der Waals surface area contributed by atoms with Crippen molar-refractivity contribution in [2.75, 3.05) is 12.3 Å². The Labute approximate surface area is 95.8 Å². The standard InChI is InChI=1S/C9H19NO5S/c1-9(2,3)7(8(11)12)10-5-4-6-16(13,14)15/h7,10H,4-6H2,1-3H3,(H,11,12)(H,13,14,15)/t7-/m0/s1. The summed E-state index contributed by atoms with van der Waals surface area (Å²) in [6, 6.07) is -0.742. The van der Waals surface area contributed by atoms with Crippen LogP contribution in [-0.2, 0) is 14.9 Å². The first-order chi connectivity index (χ1) is 7.04. The van der Waals surface area contributed by atoms with Gasteiger partial charge in [-0.15, -0.1) is 0 Å². The number of nitrogens with one attached hydrogen (secondary N) is 1. The lowest BCUT2D eigenvalue weighted by atomic mass is 9.87. The number of carbonyl (C=O) groups is 1. The summed E-state index contributed by atoms with van der Waals surface area (Å²) < 4.78 is 29.3. The molecular weight excluding hydrogens is 234 g/mol. The van der Waals surface area contributed by atoms with Crippen LogP contribution in [0.1, 0.15) is 27.2 Å². The van der Waals surface area contributed by atoms with E-state index >= 15 is 0 Å². The molecule has 0 aliphatic heterocycles. The first kappa shape index (κ1) is 15.3. The van der Waals surface area contributed by atoms with Crippen molar-refractivity contribution in [3.8, 4) is 0 Å². The zero-order valence-corrected chi connectivity index (χ0v) is 10.5. The number of rotatable bonds is 6. The fourth-order valence-electron chi connectivity index (χ4n) is 1.26. The third-order valence-corrected chi connectivity index (χ3v) is 2.85. The molecule has 7 heteroatoms. The van der Waals surface area contributed by atoms with E-state index in [0.29, 0.717) is 0 Å². The van der Waals surface area contributed by atoms with Gasteiger partial charge in [-0.25, -0.2) is 0 Å². The number of carboxylic acids is 1. The SMILES string of the molecule is CC(C)(C)[C@@H](NCCCS(=O)(=O)O)C(=O)O. The van der Waals surface area contributed by atoms with Crippen LogP contribution in [0.3, 0.4) is 0 Å². The summed E-state index contributed by atoms with van der Waals surface area (Å²) in [5.74, 6) is -1.34. The third-order valence-electron chi connectivity index (χ3n) is 2.04. The Kier molecular flexibility index (Phi) is 5.37. The average Bonchev–Trinajstić information content (AvgIpc) is 1.97. The van der Waals surface area contributed by atoms with Crippen LogP contribution in [0.5, 0.6) is 0 Å². The molecule has 0 amide bonds. The van der Waals surface area contributed by atoms with E-state index in [1.165, 1.54) is 0 Å². The highest BCUT2D eigenvalue weighted by molar-refractivity contribution is 7.85. The zero-order valence-electron chi connectivity index (χ0n) is 9.73. The summed E-state index contributed by atoms with van der Waals surface area (Å²) in [7, 11) is -3.97. The lowest BCUT2D eigenvalue weighted by Crippen LogP contribution is -2.47. The van der Waals surface area contributed by atoms with Crippen molar-refractivity contribution in [1.29, 1.82) is 0 Å². The normalized spacial score (nSPS) is 14.8. The molecule has 0 saturated heterocycles. The minimum absolute atomic E-state index is 0.179. The van der Waals surface area contributed by atoms with Gasteiger partial charge in [0.1, 0.15) is 6.04 Å². The highest BCUT2D eigenvalue weighted by Gasteiger charge is 2.30. The summed E-state index contributed by atoms with van der Waals surface area (Å²) in [6.45, 7) is 5.57.